The monoisotopic (exact) mass is 497 g/mol. The van der Waals surface area contributed by atoms with E-state index >= 15 is 0 Å². The van der Waals surface area contributed by atoms with Gasteiger partial charge in [-0.2, -0.15) is 5.10 Å². The lowest BCUT2D eigenvalue weighted by atomic mass is 10.1. The normalized spacial score (nSPS) is 11.1. The van der Waals surface area contributed by atoms with Crippen LogP contribution in [0.5, 0.6) is 0 Å². The summed E-state index contributed by atoms with van der Waals surface area (Å²) in [6.07, 6.45) is 0. The van der Waals surface area contributed by atoms with Gasteiger partial charge < -0.3 is 9.80 Å². The van der Waals surface area contributed by atoms with Gasteiger partial charge in [0.15, 0.2) is 0 Å². The third-order valence-electron chi connectivity index (χ3n) is 6.20. The number of benzene rings is 3. The number of amides is 1. The van der Waals surface area contributed by atoms with Gasteiger partial charge in [0.25, 0.3) is 11.6 Å². The average molecular weight is 498 g/mol. The first kappa shape index (κ1) is 25.8. The van der Waals surface area contributed by atoms with Crippen molar-refractivity contribution in [1.29, 1.82) is 0 Å². The Morgan fingerprint density at radius 3 is 2.27 bits per heavy atom. The van der Waals surface area contributed by atoms with E-state index in [4.69, 9.17) is 5.10 Å². The number of carbonyl (C=O) groups excluding carboxylic acids is 1. The van der Waals surface area contributed by atoms with Crippen molar-refractivity contribution in [2.45, 2.75) is 20.4 Å². The van der Waals surface area contributed by atoms with E-state index in [0.29, 0.717) is 36.6 Å². The van der Waals surface area contributed by atoms with Crippen LogP contribution in [0.15, 0.2) is 78.9 Å². The maximum atomic E-state index is 14.1. The number of aromatic nitrogens is 2. The minimum absolute atomic E-state index is 0.00610. The molecule has 0 aliphatic heterocycles. The first-order valence-corrected chi connectivity index (χ1v) is 12.1. The van der Waals surface area contributed by atoms with Crippen molar-refractivity contribution in [2.24, 2.45) is 0 Å². The summed E-state index contributed by atoms with van der Waals surface area (Å²) < 4.78 is 1.70. The zero-order valence-electron chi connectivity index (χ0n) is 21.6. The fourth-order valence-electron chi connectivity index (χ4n) is 4.19. The summed E-state index contributed by atoms with van der Waals surface area (Å²) in [5.74, 6) is -0.133. The molecule has 0 radical (unpaired) electrons. The van der Waals surface area contributed by atoms with Gasteiger partial charge in [0.05, 0.1) is 16.3 Å². The Labute approximate surface area is 216 Å². The van der Waals surface area contributed by atoms with E-state index in [1.165, 1.54) is 12.1 Å². The number of nitro groups is 1. The van der Waals surface area contributed by atoms with Crippen molar-refractivity contribution in [3.63, 3.8) is 0 Å². The Hall–Kier alpha value is -4.30. The number of nitro benzene ring substituents is 1. The molecule has 1 amide bonds. The first-order valence-electron chi connectivity index (χ1n) is 12.1. The molecule has 1 aromatic heterocycles. The highest BCUT2D eigenvalue weighted by Crippen LogP contribution is 2.26. The van der Waals surface area contributed by atoms with E-state index in [1.807, 2.05) is 75.3 Å². The van der Waals surface area contributed by atoms with Gasteiger partial charge in [-0.3, -0.25) is 14.9 Å². The molecule has 0 saturated carbocycles. The SMILES string of the molecule is Cc1ccc(-n2nc(-c3ccc([N+](=O)[O-])cc3)cc2C(=O)N(CCN(C)C)Cc2ccccc2)c(C)c1. The summed E-state index contributed by atoms with van der Waals surface area (Å²) in [4.78, 5) is 28.7. The lowest BCUT2D eigenvalue weighted by Crippen LogP contribution is -2.37. The number of likely N-dealkylation sites (N-methyl/N-ethyl adjacent to an activating group) is 1. The summed E-state index contributed by atoms with van der Waals surface area (Å²) in [7, 11) is 3.97. The molecule has 0 fully saturated rings. The molecule has 0 bridgehead atoms. The zero-order chi connectivity index (χ0) is 26.5. The number of non-ortho nitro benzene ring substituents is 1. The van der Waals surface area contributed by atoms with Gasteiger partial charge in [-0.25, -0.2) is 4.68 Å². The first-order chi connectivity index (χ1) is 17.7. The van der Waals surface area contributed by atoms with Crippen LogP contribution in [0.2, 0.25) is 0 Å². The van der Waals surface area contributed by atoms with Gasteiger partial charge in [-0.15, -0.1) is 0 Å². The Balaban J connectivity index is 1.79. The van der Waals surface area contributed by atoms with Crippen molar-refractivity contribution in [2.75, 3.05) is 27.2 Å². The molecule has 4 rings (SSSR count). The largest absolute Gasteiger partial charge is 0.332 e. The number of aryl methyl sites for hydroxylation is 2. The number of nitrogens with zero attached hydrogens (tertiary/aromatic N) is 5. The van der Waals surface area contributed by atoms with Gasteiger partial charge in [0, 0.05) is 37.3 Å². The van der Waals surface area contributed by atoms with Crippen LogP contribution in [0, 0.1) is 24.0 Å². The van der Waals surface area contributed by atoms with E-state index in [2.05, 4.69) is 11.0 Å². The fraction of sp³-hybridized carbons (Fsp3) is 0.241. The highest BCUT2D eigenvalue weighted by atomic mass is 16.6. The van der Waals surface area contributed by atoms with Crippen LogP contribution < -0.4 is 0 Å². The van der Waals surface area contributed by atoms with E-state index in [0.717, 1.165) is 22.4 Å². The van der Waals surface area contributed by atoms with Crippen molar-refractivity contribution in [3.8, 4) is 16.9 Å². The standard InChI is InChI=1S/C29H31N5O3/c1-21-10-15-27(22(2)18-21)33-28(19-26(30-33)24-11-13-25(14-12-24)34(36)37)29(35)32(17-16-31(3)4)20-23-8-6-5-7-9-23/h5-15,18-19H,16-17,20H2,1-4H3. The van der Waals surface area contributed by atoms with Gasteiger partial charge in [-0.05, 0) is 63.3 Å². The van der Waals surface area contributed by atoms with E-state index in [9.17, 15) is 14.9 Å². The molecule has 0 N–H and O–H groups in total. The molecule has 0 atom stereocenters. The number of hydrogen-bond donors (Lipinski definition) is 0. The number of hydrogen-bond acceptors (Lipinski definition) is 5. The van der Waals surface area contributed by atoms with Crippen molar-refractivity contribution in [1.82, 2.24) is 19.6 Å². The third kappa shape index (κ3) is 6.10. The Morgan fingerprint density at radius 2 is 1.65 bits per heavy atom. The predicted octanol–water partition coefficient (Wildman–Crippen LogP) is 5.27. The van der Waals surface area contributed by atoms with Crippen LogP contribution in [0.4, 0.5) is 5.69 Å². The topological polar surface area (TPSA) is 84.5 Å². The van der Waals surface area contributed by atoms with Crippen LogP contribution in [-0.2, 0) is 6.54 Å². The fourth-order valence-corrected chi connectivity index (χ4v) is 4.19. The van der Waals surface area contributed by atoms with Crippen molar-refractivity contribution < 1.29 is 9.72 Å². The molecule has 4 aromatic rings. The summed E-state index contributed by atoms with van der Waals surface area (Å²) in [6, 6.07) is 23.9. The molecular weight excluding hydrogens is 466 g/mol. The Bertz CT molecular complexity index is 1400. The molecule has 0 spiro atoms. The minimum Gasteiger partial charge on any atom is -0.332 e. The summed E-state index contributed by atoms with van der Waals surface area (Å²) in [6.45, 7) is 5.75. The molecule has 190 valence electrons. The highest BCUT2D eigenvalue weighted by molar-refractivity contribution is 5.94. The van der Waals surface area contributed by atoms with Crippen LogP contribution >= 0.6 is 0 Å². The van der Waals surface area contributed by atoms with Crippen molar-refractivity contribution in [3.05, 3.63) is 111 Å². The molecule has 1 heterocycles. The van der Waals surface area contributed by atoms with E-state index in [-0.39, 0.29) is 11.6 Å². The summed E-state index contributed by atoms with van der Waals surface area (Å²) >= 11 is 0. The molecular formula is C29H31N5O3. The lowest BCUT2D eigenvalue weighted by Gasteiger charge is -2.25. The zero-order valence-corrected chi connectivity index (χ0v) is 21.6. The third-order valence-corrected chi connectivity index (χ3v) is 6.20. The molecule has 0 aliphatic rings. The Kier molecular flexibility index (Phi) is 7.79. The molecule has 37 heavy (non-hydrogen) atoms. The maximum absolute atomic E-state index is 14.1. The van der Waals surface area contributed by atoms with Gasteiger partial charge in [0.1, 0.15) is 5.69 Å². The van der Waals surface area contributed by atoms with Crippen molar-refractivity contribution >= 4 is 11.6 Å². The van der Waals surface area contributed by atoms with Crippen LogP contribution in [0.25, 0.3) is 16.9 Å². The minimum atomic E-state index is -0.431. The summed E-state index contributed by atoms with van der Waals surface area (Å²) in [5.41, 5.74) is 5.69. The van der Waals surface area contributed by atoms with Gasteiger partial charge >= 0.3 is 0 Å². The van der Waals surface area contributed by atoms with Crippen LogP contribution in [0.3, 0.4) is 0 Å². The van der Waals surface area contributed by atoms with Crippen LogP contribution in [-0.4, -0.2) is 57.6 Å². The van der Waals surface area contributed by atoms with Crippen LogP contribution in [0.1, 0.15) is 27.2 Å². The van der Waals surface area contributed by atoms with Gasteiger partial charge in [0.2, 0.25) is 0 Å². The van der Waals surface area contributed by atoms with E-state index in [1.54, 1.807) is 22.9 Å². The number of carbonyl (C=O) groups is 1. The number of rotatable bonds is 9. The quantitative estimate of drug-likeness (QED) is 0.232. The maximum Gasteiger partial charge on any atom is 0.272 e. The van der Waals surface area contributed by atoms with E-state index < -0.39 is 4.92 Å². The molecule has 0 aliphatic carbocycles. The summed E-state index contributed by atoms with van der Waals surface area (Å²) in [5, 5.41) is 15.9. The Morgan fingerprint density at radius 1 is 0.946 bits per heavy atom. The lowest BCUT2D eigenvalue weighted by molar-refractivity contribution is -0.384. The smallest absolute Gasteiger partial charge is 0.272 e. The van der Waals surface area contributed by atoms with Gasteiger partial charge in [-0.1, -0.05) is 48.0 Å². The average Bonchev–Trinajstić information content (AvgIpc) is 3.32. The molecule has 0 unspecified atom stereocenters. The second kappa shape index (κ2) is 11.2. The molecule has 8 nitrogen and oxygen atoms in total. The second-order valence-corrected chi connectivity index (χ2v) is 9.44. The second-order valence-electron chi connectivity index (χ2n) is 9.44. The predicted molar refractivity (Wildman–Crippen MR) is 145 cm³/mol. The highest BCUT2D eigenvalue weighted by Gasteiger charge is 2.24. The molecule has 3 aromatic carbocycles. The molecule has 0 saturated heterocycles. The molecule has 8 heteroatoms.